The third-order valence-electron chi connectivity index (χ3n) is 6.51. The Kier molecular flexibility index (Phi) is 3.63. The highest BCUT2D eigenvalue weighted by atomic mass is 15.2. The van der Waals surface area contributed by atoms with Crippen molar-refractivity contribution in [3.63, 3.8) is 0 Å². The molecule has 2 aliphatic carbocycles. The number of dihydropyridines is 1. The molecule has 0 amide bonds. The number of hydrogen-bond donors (Lipinski definition) is 1. The van der Waals surface area contributed by atoms with Crippen LogP contribution in [0.1, 0.15) is 45.4 Å². The van der Waals surface area contributed by atoms with Crippen molar-refractivity contribution in [2.75, 3.05) is 6.54 Å². The molecule has 5 rings (SSSR count). The molecule has 2 heteroatoms. The number of fused-ring (bicyclic) bond motifs is 5. The summed E-state index contributed by atoms with van der Waals surface area (Å²) in [6.45, 7) is 2.92. The van der Waals surface area contributed by atoms with E-state index in [2.05, 4.69) is 52.6 Å². The van der Waals surface area contributed by atoms with Crippen LogP contribution in [-0.4, -0.2) is 17.5 Å². The van der Waals surface area contributed by atoms with Crippen LogP contribution in [0.2, 0.25) is 0 Å². The molecule has 3 unspecified atom stereocenters. The highest BCUT2D eigenvalue weighted by molar-refractivity contribution is 5.54. The molecule has 0 saturated carbocycles. The fourth-order valence-electron chi connectivity index (χ4n) is 5.42. The second kappa shape index (κ2) is 5.99. The molecule has 0 bridgehead atoms. The van der Waals surface area contributed by atoms with Gasteiger partial charge in [0.15, 0.2) is 0 Å². The van der Waals surface area contributed by atoms with Crippen molar-refractivity contribution >= 4 is 0 Å². The van der Waals surface area contributed by atoms with Gasteiger partial charge in [-0.05, 0) is 62.2 Å². The van der Waals surface area contributed by atoms with Crippen LogP contribution >= 0.6 is 0 Å². The van der Waals surface area contributed by atoms with E-state index in [1.54, 1.807) is 11.3 Å². The maximum atomic E-state index is 3.46. The van der Waals surface area contributed by atoms with Gasteiger partial charge in [0, 0.05) is 42.1 Å². The normalized spacial score (nSPS) is 32.1. The van der Waals surface area contributed by atoms with Crippen LogP contribution < -0.4 is 5.32 Å². The molecular weight excluding hydrogens is 304 g/mol. The van der Waals surface area contributed by atoms with Gasteiger partial charge in [-0.3, -0.25) is 0 Å². The molecule has 1 fully saturated rings. The van der Waals surface area contributed by atoms with E-state index in [4.69, 9.17) is 0 Å². The molecule has 128 valence electrons. The summed E-state index contributed by atoms with van der Waals surface area (Å²) in [6, 6.07) is 0.534. The first-order valence-corrected chi connectivity index (χ1v) is 9.81. The van der Waals surface area contributed by atoms with E-state index in [0.29, 0.717) is 17.9 Å². The minimum Gasteiger partial charge on any atom is -0.387 e. The summed E-state index contributed by atoms with van der Waals surface area (Å²) in [7, 11) is 0. The summed E-state index contributed by atoms with van der Waals surface area (Å²) in [5.74, 6) is 7.72. The topological polar surface area (TPSA) is 15.3 Å². The SMILES string of the molecule is CC#CCC1CCC2C3=CNCC=C3N3C2=C1CC=C1C=CCCC13. The van der Waals surface area contributed by atoms with Gasteiger partial charge in [0.2, 0.25) is 0 Å². The number of allylic oxidation sites excluding steroid dienone is 5. The smallest absolute Gasteiger partial charge is 0.0588 e. The Morgan fingerprint density at radius 1 is 1.24 bits per heavy atom. The van der Waals surface area contributed by atoms with Gasteiger partial charge in [-0.2, -0.15) is 0 Å². The fourth-order valence-corrected chi connectivity index (χ4v) is 5.42. The van der Waals surface area contributed by atoms with Gasteiger partial charge < -0.3 is 10.2 Å². The third-order valence-corrected chi connectivity index (χ3v) is 6.51. The van der Waals surface area contributed by atoms with E-state index in [1.807, 2.05) is 6.92 Å². The average Bonchev–Trinajstić information content (AvgIpc) is 2.88. The quantitative estimate of drug-likeness (QED) is 0.716. The van der Waals surface area contributed by atoms with E-state index in [0.717, 1.165) is 19.4 Å². The van der Waals surface area contributed by atoms with Gasteiger partial charge in [0.05, 0.1) is 6.04 Å². The zero-order valence-electron chi connectivity index (χ0n) is 15.0. The van der Waals surface area contributed by atoms with E-state index in [-0.39, 0.29) is 0 Å². The summed E-state index contributed by atoms with van der Waals surface area (Å²) in [5, 5.41) is 3.46. The van der Waals surface area contributed by atoms with Gasteiger partial charge in [-0.15, -0.1) is 11.8 Å². The van der Waals surface area contributed by atoms with Gasteiger partial charge >= 0.3 is 0 Å². The van der Waals surface area contributed by atoms with Crippen LogP contribution in [0, 0.1) is 23.7 Å². The predicted octanol–water partition coefficient (Wildman–Crippen LogP) is 4.42. The Balaban J connectivity index is 1.67. The van der Waals surface area contributed by atoms with Gasteiger partial charge in [-0.25, -0.2) is 0 Å². The standard InChI is InChI=1S/C23H26N2/c1-2-3-6-16-9-12-19-20-15-24-14-13-22(20)25-21-8-5-4-7-17(21)10-11-18(16)23(19)25/h4,7,10,13,15-16,19,21,24H,5-6,8-9,11-12,14H2,1H3. The van der Waals surface area contributed by atoms with Crippen molar-refractivity contribution in [2.24, 2.45) is 11.8 Å². The average molecular weight is 330 g/mol. The summed E-state index contributed by atoms with van der Waals surface area (Å²) in [4.78, 5) is 2.74. The summed E-state index contributed by atoms with van der Waals surface area (Å²) in [5.41, 5.74) is 7.87. The second-order valence-corrected chi connectivity index (χ2v) is 7.74. The molecule has 5 aliphatic rings. The Morgan fingerprint density at radius 2 is 2.20 bits per heavy atom. The highest BCUT2D eigenvalue weighted by Crippen LogP contribution is 2.54. The lowest BCUT2D eigenvalue weighted by Gasteiger charge is -2.37. The predicted molar refractivity (Wildman–Crippen MR) is 102 cm³/mol. The van der Waals surface area contributed by atoms with E-state index in [1.165, 1.54) is 42.5 Å². The van der Waals surface area contributed by atoms with Crippen molar-refractivity contribution in [1.82, 2.24) is 10.2 Å². The van der Waals surface area contributed by atoms with E-state index >= 15 is 0 Å². The van der Waals surface area contributed by atoms with E-state index < -0.39 is 0 Å². The Labute approximate surface area is 151 Å². The first-order chi connectivity index (χ1) is 12.4. The molecule has 0 aromatic rings. The molecule has 3 heterocycles. The Morgan fingerprint density at radius 3 is 3.12 bits per heavy atom. The molecule has 25 heavy (non-hydrogen) atoms. The number of nitrogens with zero attached hydrogens (tertiary/aromatic N) is 1. The lowest BCUT2D eigenvalue weighted by molar-refractivity contribution is 0.321. The number of nitrogens with one attached hydrogen (secondary N) is 1. The molecular formula is C23H26N2. The van der Waals surface area contributed by atoms with Crippen molar-refractivity contribution in [3.8, 4) is 11.8 Å². The van der Waals surface area contributed by atoms with Crippen LogP contribution in [-0.2, 0) is 0 Å². The zero-order valence-corrected chi connectivity index (χ0v) is 15.0. The lowest BCUT2D eigenvalue weighted by atomic mass is 9.76. The van der Waals surface area contributed by atoms with E-state index in [9.17, 15) is 0 Å². The molecule has 0 radical (unpaired) electrons. The first kappa shape index (κ1) is 15.1. The van der Waals surface area contributed by atoms with Gasteiger partial charge in [0.25, 0.3) is 0 Å². The number of rotatable bonds is 1. The molecule has 1 saturated heterocycles. The summed E-state index contributed by atoms with van der Waals surface area (Å²) in [6.07, 6.45) is 19.1. The van der Waals surface area contributed by atoms with Crippen molar-refractivity contribution in [3.05, 3.63) is 58.6 Å². The third kappa shape index (κ3) is 2.25. The number of hydrogen-bond acceptors (Lipinski definition) is 2. The Hall–Kier alpha value is -2.14. The van der Waals surface area contributed by atoms with Crippen LogP contribution in [0.15, 0.2) is 58.6 Å². The first-order valence-electron chi connectivity index (χ1n) is 9.81. The molecule has 3 aliphatic heterocycles. The molecule has 0 aromatic heterocycles. The monoisotopic (exact) mass is 330 g/mol. The highest BCUT2D eigenvalue weighted by Gasteiger charge is 2.46. The zero-order chi connectivity index (χ0) is 16.8. The molecule has 0 spiro atoms. The van der Waals surface area contributed by atoms with Crippen molar-refractivity contribution < 1.29 is 0 Å². The van der Waals surface area contributed by atoms with Crippen molar-refractivity contribution in [2.45, 2.75) is 51.5 Å². The molecule has 0 aromatic carbocycles. The largest absolute Gasteiger partial charge is 0.387 e. The summed E-state index contributed by atoms with van der Waals surface area (Å²) < 4.78 is 0. The van der Waals surface area contributed by atoms with Crippen LogP contribution in [0.4, 0.5) is 0 Å². The maximum Gasteiger partial charge on any atom is 0.0588 e. The minimum atomic E-state index is 0.534. The molecule has 2 nitrogen and oxygen atoms in total. The second-order valence-electron chi connectivity index (χ2n) is 7.74. The van der Waals surface area contributed by atoms with Gasteiger partial charge in [-0.1, -0.05) is 18.2 Å². The van der Waals surface area contributed by atoms with Crippen LogP contribution in [0.25, 0.3) is 0 Å². The minimum absolute atomic E-state index is 0.534. The molecule has 3 atom stereocenters. The lowest BCUT2D eigenvalue weighted by Crippen LogP contribution is -2.35. The summed E-state index contributed by atoms with van der Waals surface area (Å²) >= 11 is 0. The van der Waals surface area contributed by atoms with Gasteiger partial charge in [0.1, 0.15) is 0 Å². The van der Waals surface area contributed by atoms with Crippen LogP contribution in [0.5, 0.6) is 0 Å². The Bertz CT molecular complexity index is 809. The fraction of sp³-hybridized carbons (Fsp3) is 0.478. The maximum absolute atomic E-state index is 3.46. The van der Waals surface area contributed by atoms with Crippen LogP contribution in [0.3, 0.4) is 0 Å². The molecule has 1 N–H and O–H groups in total. The van der Waals surface area contributed by atoms with Crippen molar-refractivity contribution in [1.29, 1.82) is 0 Å².